The Labute approximate surface area is 211 Å². The van der Waals surface area contributed by atoms with Crippen LogP contribution in [0.25, 0.3) is 0 Å². The third-order valence-electron chi connectivity index (χ3n) is 6.44. The molecule has 1 aromatic rings. The molecule has 12 nitrogen and oxygen atoms in total. The molecular formula is C24H37N5O7. The molecule has 3 aliphatic heterocycles. The Kier molecular flexibility index (Phi) is 6.84. The van der Waals surface area contributed by atoms with E-state index in [0.717, 1.165) is 5.06 Å². The number of amides is 4. The molecule has 3 fully saturated rings. The lowest BCUT2D eigenvalue weighted by molar-refractivity contribution is -0.0584. The Morgan fingerprint density at radius 3 is 2.42 bits per heavy atom. The molecule has 2 atom stereocenters. The second-order valence-corrected chi connectivity index (χ2v) is 11.7. The van der Waals surface area contributed by atoms with Crippen LogP contribution in [-0.4, -0.2) is 97.8 Å². The summed E-state index contributed by atoms with van der Waals surface area (Å²) in [6.07, 6.45) is 0.903. The van der Waals surface area contributed by atoms with Gasteiger partial charge in [-0.25, -0.2) is 19.4 Å². The number of piperidine rings is 1. The SMILES string of the molecule is CC(C)(C)OC(=O)N1CC(N(CCc2cc([C@@H]3CC[C@H]4CN3C(=O)N4O)no2)C(=O)OC(C)(C)C)C1. The van der Waals surface area contributed by atoms with E-state index in [1.807, 2.05) is 41.5 Å². The van der Waals surface area contributed by atoms with Gasteiger partial charge >= 0.3 is 18.2 Å². The maximum atomic E-state index is 13.0. The van der Waals surface area contributed by atoms with Gasteiger partial charge in [0.1, 0.15) is 22.7 Å². The van der Waals surface area contributed by atoms with Crippen molar-refractivity contribution >= 4 is 18.2 Å². The summed E-state index contributed by atoms with van der Waals surface area (Å²) >= 11 is 0. The summed E-state index contributed by atoms with van der Waals surface area (Å²) in [6.45, 7) is 12.3. The maximum Gasteiger partial charge on any atom is 0.410 e. The van der Waals surface area contributed by atoms with Gasteiger partial charge in [0, 0.05) is 38.7 Å². The van der Waals surface area contributed by atoms with Crippen LogP contribution in [0.3, 0.4) is 0 Å². The van der Waals surface area contributed by atoms with Crippen molar-refractivity contribution in [2.45, 2.75) is 90.1 Å². The van der Waals surface area contributed by atoms with Crippen LogP contribution in [0.5, 0.6) is 0 Å². The van der Waals surface area contributed by atoms with Crippen LogP contribution >= 0.6 is 0 Å². The van der Waals surface area contributed by atoms with Gasteiger partial charge in [-0.1, -0.05) is 5.16 Å². The van der Waals surface area contributed by atoms with Crippen LogP contribution in [0.1, 0.15) is 71.9 Å². The lowest BCUT2D eigenvalue weighted by atomic mass is 9.98. The molecule has 0 aromatic carbocycles. The average molecular weight is 508 g/mol. The lowest BCUT2D eigenvalue weighted by Gasteiger charge is -2.45. The van der Waals surface area contributed by atoms with Crippen LogP contribution in [-0.2, 0) is 15.9 Å². The minimum absolute atomic E-state index is 0.176. The van der Waals surface area contributed by atoms with Crippen LogP contribution < -0.4 is 0 Å². The smallest absolute Gasteiger partial charge is 0.410 e. The first-order chi connectivity index (χ1) is 16.7. The molecule has 12 heteroatoms. The molecule has 0 radical (unpaired) electrons. The third-order valence-corrected chi connectivity index (χ3v) is 6.44. The van der Waals surface area contributed by atoms with Crippen LogP contribution in [0.4, 0.5) is 14.4 Å². The van der Waals surface area contributed by atoms with Gasteiger partial charge in [0.05, 0.1) is 18.1 Å². The average Bonchev–Trinajstić information content (AvgIpc) is 3.27. The first-order valence-electron chi connectivity index (χ1n) is 12.4. The molecule has 0 aliphatic carbocycles. The number of fused-ring (bicyclic) bond motifs is 2. The number of hydrogen-bond acceptors (Lipinski definition) is 8. The van der Waals surface area contributed by atoms with Gasteiger partial charge < -0.3 is 28.7 Å². The predicted molar refractivity (Wildman–Crippen MR) is 126 cm³/mol. The summed E-state index contributed by atoms with van der Waals surface area (Å²) in [7, 11) is 0. The van der Waals surface area contributed by atoms with Crippen molar-refractivity contribution in [2.75, 3.05) is 26.2 Å². The molecule has 0 saturated carbocycles. The Morgan fingerprint density at radius 2 is 1.78 bits per heavy atom. The molecule has 4 rings (SSSR count). The predicted octanol–water partition coefficient (Wildman–Crippen LogP) is 3.40. The molecule has 200 valence electrons. The van der Waals surface area contributed by atoms with Crippen molar-refractivity contribution < 1.29 is 33.6 Å². The molecule has 3 aliphatic rings. The summed E-state index contributed by atoms with van der Waals surface area (Å²) < 4.78 is 16.6. The number of carbonyl (C=O) groups excluding carboxylic acids is 3. The Balaban J connectivity index is 1.38. The van der Waals surface area contributed by atoms with Gasteiger partial charge in [-0.15, -0.1) is 0 Å². The summed E-state index contributed by atoms with van der Waals surface area (Å²) in [5, 5.41) is 14.9. The Hall–Kier alpha value is -3.02. The zero-order chi connectivity index (χ0) is 26.4. The van der Waals surface area contributed by atoms with Crippen molar-refractivity contribution in [1.29, 1.82) is 0 Å². The fourth-order valence-electron chi connectivity index (χ4n) is 4.66. The number of aromatic nitrogens is 1. The van der Waals surface area contributed by atoms with E-state index in [1.54, 1.807) is 20.8 Å². The van der Waals surface area contributed by atoms with E-state index in [2.05, 4.69) is 5.16 Å². The van der Waals surface area contributed by atoms with Crippen molar-refractivity contribution in [3.8, 4) is 0 Å². The van der Waals surface area contributed by atoms with Gasteiger partial charge in [0.25, 0.3) is 0 Å². The van der Waals surface area contributed by atoms with Gasteiger partial charge in [0.2, 0.25) is 0 Å². The molecule has 3 saturated heterocycles. The maximum absolute atomic E-state index is 13.0. The van der Waals surface area contributed by atoms with E-state index in [0.29, 0.717) is 56.9 Å². The molecule has 4 amide bonds. The standard InChI is InChI=1S/C24H37N5O7/c1-23(2,3)34-21(31)26-12-16(13-26)27(22(32)35-24(4,5)6)10-9-17-11-18(25-36-17)19-8-7-15-14-28(19)20(30)29(15)33/h11,15-16,19,33H,7-10,12-14H2,1-6H3/t15-,19-/m0/s1. The minimum Gasteiger partial charge on any atom is -0.444 e. The topological polar surface area (TPSA) is 129 Å². The Bertz CT molecular complexity index is 992. The molecular weight excluding hydrogens is 470 g/mol. The molecule has 1 N–H and O–H groups in total. The Morgan fingerprint density at radius 1 is 1.11 bits per heavy atom. The van der Waals surface area contributed by atoms with Crippen molar-refractivity contribution in [3.05, 3.63) is 17.5 Å². The fourth-order valence-corrected chi connectivity index (χ4v) is 4.66. The number of rotatable bonds is 5. The number of hydroxylamine groups is 2. The highest BCUT2D eigenvalue weighted by molar-refractivity contribution is 5.77. The third kappa shape index (κ3) is 5.69. The number of nitrogens with zero attached hydrogens (tertiary/aromatic N) is 5. The van der Waals surface area contributed by atoms with E-state index >= 15 is 0 Å². The van der Waals surface area contributed by atoms with Gasteiger partial charge in [0.15, 0.2) is 0 Å². The highest BCUT2D eigenvalue weighted by Crippen LogP contribution is 2.37. The van der Waals surface area contributed by atoms with Crippen molar-refractivity contribution in [3.63, 3.8) is 0 Å². The largest absolute Gasteiger partial charge is 0.444 e. The van der Waals surface area contributed by atoms with E-state index in [9.17, 15) is 19.6 Å². The quantitative estimate of drug-likeness (QED) is 0.601. The number of ether oxygens (including phenoxy) is 2. The highest BCUT2D eigenvalue weighted by Gasteiger charge is 2.46. The van der Waals surface area contributed by atoms with E-state index < -0.39 is 29.4 Å². The van der Waals surface area contributed by atoms with E-state index in [-0.39, 0.29) is 18.1 Å². The first kappa shape index (κ1) is 26.1. The van der Waals surface area contributed by atoms with E-state index in [1.165, 1.54) is 0 Å². The molecule has 2 bridgehead atoms. The van der Waals surface area contributed by atoms with Crippen LogP contribution in [0, 0.1) is 0 Å². The molecule has 0 unspecified atom stereocenters. The zero-order valence-electron chi connectivity index (χ0n) is 21.9. The zero-order valence-corrected chi connectivity index (χ0v) is 21.9. The second-order valence-electron chi connectivity index (χ2n) is 11.7. The molecule has 4 heterocycles. The number of urea groups is 1. The van der Waals surface area contributed by atoms with Gasteiger partial charge in [-0.2, -0.15) is 0 Å². The normalized spacial score (nSPS) is 22.5. The second kappa shape index (κ2) is 9.45. The molecule has 36 heavy (non-hydrogen) atoms. The summed E-state index contributed by atoms with van der Waals surface area (Å²) in [6, 6.07) is 0.759. The highest BCUT2D eigenvalue weighted by atomic mass is 16.6. The number of likely N-dealkylation sites (tertiary alicyclic amines) is 1. The summed E-state index contributed by atoms with van der Waals surface area (Å²) in [4.78, 5) is 42.4. The fraction of sp³-hybridized carbons (Fsp3) is 0.750. The summed E-state index contributed by atoms with van der Waals surface area (Å²) in [5.74, 6) is 0.580. The minimum atomic E-state index is -0.662. The molecule has 1 aromatic heterocycles. The number of carbonyl (C=O) groups is 3. The first-order valence-corrected chi connectivity index (χ1v) is 12.4. The van der Waals surface area contributed by atoms with Crippen LogP contribution in [0.2, 0.25) is 0 Å². The van der Waals surface area contributed by atoms with E-state index in [4.69, 9.17) is 14.0 Å². The summed E-state index contributed by atoms with van der Waals surface area (Å²) in [5.41, 5.74) is -0.619. The van der Waals surface area contributed by atoms with Crippen molar-refractivity contribution in [2.24, 2.45) is 0 Å². The van der Waals surface area contributed by atoms with Gasteiger partial charge in [-0.05, 0) is 54.4 Å². The van der Waals surface area contributed by atoms with Crippen molar-refractivity contribution in [1.82, 2.24) is 24.9 Å². The lowest BCUT2D eigenvalue weighted by Crippen LogP contribution is -2.63. The van der Waals surface area contributed by atoms with Crippen LogP contribution in [0.15, 0.2) is 10.6 Å². The van der Waals surface area contributed by atoms with Gasteiger partial charge in [-0.3, -0.25) is 5.21 Å². The molecule has 0 spiro atoms. The number of hydrogen-bond donors (Lipinski definition) is 1. The monoisotopic (exact) mass is 507 g/mol.